The van der Waals surface area contributed by atoms with E-state index in [0.717, 1.165) is 5.69 Å². The van der Waals surface area contributed by atoms with Crippen LogP contribution in [0.15, 0.2) is 5.38 Å². The third-order valence-electron chi connectivity index (χ3n) is 1.75. The fourth-order valence-corrected chi connectivity index (χ4v) is 1.79. The molecule has 16 heavy (non-hydrogen) atoms. The Kier molecular flexibility index (Phi) is 3.91. The molecular formula is C11H17N2O2S. The molecule has 0 spiro atoms. The van der Waals surface area contributed by atoms with E-state index in [1.807, 2.05) is 26.2 Å². The zero-order chi connectivity index (χ0) is 12.3. The van der Waals surface area contributed by atoms with Crippen LogP contribution in [0.1, 0.15) is 26.5 Å². The maximum Gasteiger partial charge on any atom is 0.416 e. The molecular weight excluding hydrogens is 224 g/mol. The fraction of sp³-hybridized carbons (Fsp3) is 0.545. The first-order chi connectivity index (χ1) is 7.33. The third kappa shape index (κ3) is 3.48. The van der Waals surface area contributed by atoms with Crippen molar-refractivity contribution in [3.05, 3.63) is 18.0 Å². The topological polar surface area (TPSA) is 42.4 Å². The van der Waals surface area contributed by atoms with Gasteiger partial charge in [0.15, 0.2) is 5.13 Å². The molecule has 89 valence electrons. The number of carbonyl (C=O) groups is 1. The molecule has 4 nitrogen and oxygen atoms in total. The van der Waals surface area contributed by atoms with Crippen molar-refractivity contribution in [2.24, 2.45) is 0 Å². The Balaban J connectivity index is 2.70. The number of thiazole rings is 1. The van der Waals surface area contributed by atoms with Gasteiger partial charge in [-0.15, -0.1) is 11.3 Å². The Morgan fingerprint density at radius 3 is 2.69 bits per heavy atom. The summed E-state index contributed by atoms with van der Waals surface area (Å²) in [5.74, 6) is 0. The van der Waals surface area contributed by atoms with Crippen LogP contribution in [0.25, 0.3) is 0 Å². The number of amides is 1. The quantitative estimate of drug-likeness (QED) is 0.799. The molecule has 1 aromatic rings. The number of ether oxygens (including phenoxy) is 1. The highest BCUT2D eigenvalue weighted by atomic mass is 32.1. The predicted molar refractivity (Wildman–Crippen MR) is 65.8 cm³/mol. The van der Waals surface area contributed by atoms with E-state index in [-0.39, 0.29) is 0 Å². The minimum Gasteiger partial charge on any atom is -0.443 e. The number of aromatic nitrogens is 1. The number of nitrogens with zero attached hydrogens (tertiary/aromatic N) is 2. The van der Waals surface area contributed by atoms with E-state index in [4.69, 9.17) is 4.74 Å². The summed E-state index contributed by atoms with van der Waals surface area (Å²) in [5.41, 5.74) is 0.396. The summed E-state index contributed by atoms with van der Waals surface area (Å²) < 4.78 is 5.23. The second-order valence-electron chi connectivity index (χ2n) is 4.41. The van der Waals surface area contributed by atoms with E-state index in [9.17, 15) is 4.79 Å². The van der Waals surface area contributed by atoms with Crippen molar-refractivity contribution in [2.45, 2.75) is 32.8 Å². The zero-order valence-electron chi connectivity index (χ0n) is 10.1. The van der Waals surface area contributed by atoms with Gasteiger partial charge < -0.3 is 4.74 Å². The monoisotopic (exact) mass is 241 g/mol. The van der Waals surface area contributed by atoms with Gasteiger partial charge in [0.05, 0.1) is 5.69 Å². The lowest BCUT2D eigenvalue weighted by atomic mass is 10.2. The highest BCUT2D eigenvalue weighted by Crippen LogP contribution is 2.21. The molecule has 0 aliphatic rings. The minimum atomic E-state index is -0.488. The van der Waals surface area contributed by atoms with Crippen LogP contribution in [0.4, 0.5) is 9.93 Å². The molecule has 5 heteroatoms. The van der Waals surface area contributed by atoms with E-state index in [2.05, 4.69) is 11.9 Å². The Labute approximate surface area is 100 Å². The highest BCUT2D eigenvalue weighted by Gasteiger charge is 2.22. The molecule has 0 saturated heterocycles. The smallest absolute Gasteiger partial charge is 0.416 e. The van der Waals surface area contributed by atoms with Crippen LogP contribution in [0.5, 0.6) is 0 Å². The average molecular weight is 241 g/mol. The second kappa shape index (κ2) is 4.82. The van der Waals surface area contributed by atoms with Gasteiger partial charge in [-0.05, 0) is 34.1 Å². The summed E-state index contributed by atoms with van der Waals surface area (Å²) in [5, 5.41) is 2.52. The van der Waals surface area contributed by atoms with Gasteiger partial charge in [0.2, 0.25) is 0 Å². The molecule has 1 aromatic heterocycles. The lowest BCUT2D eigenvalue weighted by molar-refractivity contribution is 0.0589. The van der Waals surface area contributed by atoms with Crippen molar-refractivity contribution in [1.29, 1.82) is 0 Å². The van der Waals surface area contributed by atoms with Crippen molar-refractivity contribution in [1.82, 2.24) is 4.98 Å². The number of hydrogen-bond acceptors (Lipinski definition) is 4. The van der Waals surface area contributed by atoms with Gasteiger partial charge in [-0.1, -0.05) is 0 Å². The van der Waals surface area contributed by atoms with Gasteiger partial charge in [-0.3, -0.25) is 4.90 Å². The molecule has 0 saturated carbocycles. The standard InChI is InChI=1S/C11H17N2O2S/c1-6-8-7-16-9(12-8)13(5)10(14)15-11(2,3)4/h7H,1,6H2,2-5H3. The lowest BCUT2D eigenvalue weighted by Gasteiger charge is -2.23. The molecule has 0 aliphatic heterocycles. The minimum absolute atomic E-state index is 0.391. The van der Waals surface area contributed by atoms with E-state index in [1.165, 1.54) is 16.2 Å². The molecule has 1 amide bonds. The van der Waals surface area contributed by atoms with E-state index >= 15 is 0 Å². The third-order valence-corrected chi connectivity index (χ3v) is 2.72. The Morgan fingerprint density at radius 1 is 1.62 bits per heavy atom. The van der Waals surface area contributed by atoms with Gasteiger partial charge in [0, 0.05) is 12.4 Å². The Hall–Kier alpha value is -1.10. The summed E-state index contributed by atoms with van der Waals surface area (Å²) in [4.78, 5) is 17.4. The van der Waals surface area contributed by atoms with Crippen molar-refractivity contribution in [3.8, 4) is 0 Å². The largest absolute Gasteiger partial charge is 0.443 e. The number of carbonyl (C=O) groups excluding carboxylic acids is 1. The van der Waals surface area contributed by atoms with Crippen LogP contribution in [-0.2, 0) is 11.2 Å². The number of anilines is 1. The van der Waals surface area contributed by atoms with Crippen molar-refractivity contribution >= 4 is 22.6 Å². The first-order valence-electron chi connectivity index (χ1n) is 5.04. The molecule has 0 N–H and O–H groups in total. The van der Waals surface area contributed by atoms with Gasteiger partial charge in [-0.2, -0.15) is 0 Å². The summed E-state index contributed by atoms with van der Waals surface area (Å²) >= 11 is 1.41. The fourth-order valence-electron chi connectivity index (χ4n) is 0.974. The first-order valence-corrected chi connectivity index (χ1v) is 5.92. The summed E-state index contributed by atoms with van der Waals surface area (Å²) in [6.45, 7) is 9.25. The molecule has 0 aromatic carbocycles. The molecule has 0 aliphatic carbocycles. The van der Waals surface area contributed by atoms with Gasteiger partial charge in [0.25, 0.3) is 0 Å². The summed E-state index contributed by atoms with van der Waals surface area (Å²) in [6.07, 6.45) is 0.232. The van der Waals surface area contributed by atoms with Crippen LogP contribution in [0, 0.1) is 6.92 Å². The SMILES string of the molecule is [CH2]Cc1csc(N(C)C(=O)OC(C)(C)C)n1. The van der Waals surface area contributed by atoms with Crippen molar-refractivity contribution in [2.75, 3.05) is 11.9 Å². The van der Waals surface area contributed by atoms with Crippen LogP contribution >= 0.6 is 11.3 Å². The lowest BCUT2D eigenvalue weighted by Crippen LogP contribution is -2.34. The average Bonchev–Trinajstić information content (AvgIpc) is 2.61. The van der Waals surface area contributed by atoms with E-state index in [0.29, 0.717) is 11.6 Å². The maximum absolute atomic E-state index is 11.7. The van der Waals surface area contributed by atoms with Crippen LogP contribution in [-0.4, -0.2) is 23.7 Å². The van der Waals surface area contributed by atoms with Gasteiger partial charge in [-0.25, -0.2) is 9.78 Å². The molecule has 0 fully saturated rings. The van der Waals surface area contributed by atoms with Crippen LogP contribution < -0.4 is 4.90 Å². The second-order valence-corrected chi connectivity index (χ2v) is 5.25. The highest BCUT2D eigenvalue weighted by molar-refractivity contribution is 7.14. The van der Waals surface area contributed by atoms with E-state index < -0.39 is 11.7 Å². The molecule has 1 radical (unpaired) electrons. The van der Waals surface area contributed by atoms with Gasteiger partial charge in [0.1, 0.15) is 5.60 Å². The molecule has 0 atom stereocenters. The maximum atomic E-state index is 11.7. The number of rotatable bonds is 2. The first kappa shape index (κ1) is 13.0. The molecule has 0 bridgehead atoms. The van der Waals surface area contributed by atoms with E-state index in [1.54, 1.807) is 7.05 Å². The van der Waals surface area contributed by atoms with Crippen molar-refractivity contribution in [3.63, 3.8) is 0 Å². The number of hydrogen-bond donors (Lipinski definition) is 0. The summed E-state index contributed by atoms with van der Waals surface area (Å²) in [6, 6.07) is 0. The zero-order valence-corrected chi connectivity index (χ0v) is 10.9. The van der Waals surface area contributed by atoms with Gasteiger partial charge >= 0.3 is 6.09 Å². The normalized spacial score (nSPS) is 11.3. The van der Waals surface area contributed by atoms with Crippen molar-refractivity contribution < 1.29 is 9.53 Å². The summed E-state index contributed by atoms with van der Waals surface area (Å²) in [7, 11) is 1.65. The molecule has 0 unspecified atom stereocenters. The van der Waals surface area contributed by atoms with Crippen LogP contribution in [0.2, 0.25) is 0 Å². The molecule has 1 heterocycles. The molecule has 1 rings (SSSR count). The van der Waals surface area contributed by atoms with Crippen LogP contribution in [0.3, 0.4) is 0 Å². The predicted octanol–water partition coefficient (Wildman–Crippen LogP) is 2.89. The Bertz CT molecular complexity index is 368. The Morgan fingerprint density at radius 2 is 2.25 bits per heavy atom.